The van der Waals surface area contributed by atoms with Crippen molar-refractivity contribution in [2.45, 2.75) is 12.8 Å². The van der Waals surface area contributed by atoms with E-state index >= 15 is 0 Å². The lowest BCUT2D eigenvalue weighted by molar-refractivity contribution is 0.0992. The van der Waals surface area contributed by atoms with Gasteiger partial charge >= 0.3 is 0 Å². The van der Waals surface area contributed by atoms with Gasteiger partial charge in [0, 0.05) is 24.4 Å². The summed E-state index contributed by atoms with van der Waals surface area (Å²) in [5, 5.41) is 3.64. The van der Waals surface area contributed by atoms with Crippen molar-refractivity contribution in [2.75, 3.05) is 13.6 Å². The molecule has 104 valence electrons. The van der Waals surface area contributed by atoms with Crippen molar-refractivity contribution in [1.29, 1.82) is 0 Å². The highest BCUT2D eigenvalue weighted by Gasteiger charge is 2.13. The number of rotatable bonds is 6. The molecule has 0 aliphatic carbocycles. The first kappa shape index (κ1) is 14.7. The van der Waals surface area contributed by atoms with E-state index in [2.05, 4.69) is 10.3 Å². The van der Waals surface area contributed by atoms with Crippen molar-refractivity contribution in [3.8, 4) is 0 Å². The molecule has 0 aliphatic heterocycles. The molecule has 2 rings (SSSR count). The predicted octanol–water partition coefficient (Wildman–Crippen LogP) is 2.92. The van der Waals surface area contributed by atoms with Crippen molar-refractivity contribution < 1.29 is 4.79 Å². The molecule has 0 saturated heterocycles. The largest absolute Gasteiger partial charge is 0.319 e. The van der Waals surface area contributed by atoms with Crippen LogP contribution in [0.15, 0.2) is 42.7 Å². The summed E-state index contributed by atoms with van der Waals surface area (Å²) in [4.78, 5) is 16.4. The Balaban J connectivity index is 2.19. The topological polar surface area (TPSA) is 42.0 Å². The molecule has 0 spiro atoms. The third kappa shape index (κ3) is 3.65. The van der Waals surface area contributed by atoms with E-state index in [0.717, 1.165) is 29.7 Å². The molecule has 0 amide bonds. The Bertz CT molecular complexity index is 599. The Morgan fingerprint density at radius 2 is 2.05 bits per heavy atom. The molecule has 1 aromatic carbocycles. The summed E-state index contributed by atoms with van der Waals surface area (Å²) in [5.41, 5.74) is 2.66. The second kappa shape index (κ2) is 7.17. The summed E-state index contributed by atoms with van der Waals surface area (Å²) in [6.07, 6.45) is 4.36. The van der Waals surface area contributed by atoms with Crippen LogP contribution in [-0.4, -0.2) is 24.4 Å². The second-order valence-corrected chi connectivity index (χ2v) is 4.98. The van der Waals surface area contributed by atoms with Crippen LogP contribution in [0.2, 0.25) is 5.02 Å². The molecule has 1 N–H and O–H groups in total. The molecule has 20 heavy (non-hydrogen) atoms. The summed E-state index contributed by atoms with van der Waals surface area (Å²) in [6, 6.07) is 9.52. The van der Waals surface area contributed by atoms with Crippen LogP contribution in [0.5, 0.6) is 0 Å². The molecule has 0 radical (unpaired) electrons. The standard InChI is InChI=1S/C16H17ClN2O/c1-18-8-6-12-4-2-3-5-14(12)16(20)10-13-7-9-19-11-15(13)17/h2-5,7,9,11,18H,6,8,10H2,1H3. The van der Waals surface area contributed by atoms with Gasteiger partial charge < -0.3 is 5.32 Å². The fourth-order valence-electron chi connectivity index (χ4n) is 2.09. The number of pyridine rings is 1. The van der Waals surface area contributed by atoms with Gasteiger partial charge in [0.15, 0.2) is 5.78 Å². The Morgan fingerprint density at radius 1 is 1.25 bits per heavy atom. The SMILES string of the molecule is CNCCc1ccccc1C(=O)Cc1ccncc1Cl. The third-order valence-corrected chi connectivity index (χ3v) is 3.51. The Kier molecular flexibility index (Phi) is 5.27. The van der Waals surface area contributed by atoms with E-state index in [4.69, 9.17) is 11.6 Å². The minimum atomic E-state index is 0.0878. The van der Waals surface area contributed by atoms with Crippen LogP contribution in [-0.2, 0) is 12.8 Å². The second-order valence-electron chi connectivity index (χ2n) is 4.58. The van der Waals surface area contributed by atoms with Gasteiger partial charge in [-0.25, -0.2) is 0 Å². The molecular weight excluding hydrogens is 272 g/mol. The summed E-state index contributed by atoms with van der Waals surface area (Å²) in [6.45, 7) is 0.848. The van der Waals surface area contributed by atoms with Gasteiger partial charge in [0.2, 0.25) is 0 Å². The van der Waals surface area contributed by atoms with Crippen molar-refractivity contribution in [2.24, 2.45) is 0 Å². The molecule has 0 unspecified atom stereocenters. The molecule has 3 nitrogen and oxygen atoms in total. The lowest BCUT2D eigenvalue weighted by Gasteiger charge is -2.09. The number of carbonyl (C=O) groups excluding carboxylic acids is 1. The average molecular weight is 289 g/mol. The predicted molar refractivity (Wildman–Crippen MR) is 81.4 cm³/mol. The molecule has 2 aromatic rings. The van der Waals surface area contributed by atoms with Crippen molar-refractivity contribution in [3.63, 3.8) is 0 Å². The lowest BCUT2D eigenvalue weighted by atomic mass is 9.97. The number of halogens is 1. The first-order valence-electron chi connectivity index (χ1n) is 6.56. The number of Topliss-reactive ketones (excluding diaryl/α,β-unsaturated/α-hetero) is 1. The molecule has 0 saturated carbocycles. The molecule has 0 bridgehead atoms. The van der Waals surface area contributed by atoms with Crippen LogP contribution < -0.4 is 5.32 Å². The number of carbonyl (C=O) groups is 1. The first-order chi connectivity index (χ1) is 9.72. The maximum absolute atomic E-state index is 12.5. The van der Waals surface area contributed by atoms with Gasteiger partial charge in [0.1, 0.15) is 0 Å². The van der Waals surface area contributed by atoms with Crippen molar-refractivity contribution in [3.05, 3.63) is 64.4 Å². The van der Waals surface area contributed by atoms with Gasteiger partial charge in [0.25, 0.3) is 0 Å². The van der Waals surface area contributed by atoms with Crippen molar-refractivity contribution in [1.82, 2.24) is 10.3 Å². The number of hydrogen-bond acceptors (Lipinski definition) is 3. The summed E-state index contributed by atoms with van der Waals surface area (Å²) >= 11 is 6.05. The number of ketones is 1. The van der Waals surface area contributed by atoms with Crippen molar-refractivity contribution >= 4 is 17.4 Å². The van der Waals surface area contributed by atoms with E-state index in [1.165, 1.54) is 0 Å². The van der Waals surface area contributed by atoms with Crippen LogP contribution in [0.4, 0.5) is 0 Å². The van der Waals surface area contributed by atoms with Crippen LogP contribution in [0, 0.1) is 0 Å². The Morgan fingerprint density at radius 3 is 2.80 bits per heavy atom. The Hall–Kier alpha value is -1.71. The lowest BCUT2D eigenvalue weighted by Crippen LogP contribution is -2.14. The van der Waals surface area contributed by atoms with Gasteiger partial charge in [-0.3, -0.25) is 9.78 Å². The van der Waals surface area contributed by atoms with Gasteiger partial charge in [-0.2, -0.15) is 0 Å². The normalized spacial score (nSPS) is 10.5. The zero-order valence-corrected chi connectivity index (χ0v) is 12.2. The van der Waals surface area contributed by atoms with E-state index in [9.17, 15) is 4.79 Å². The van der Waals surface area contributed by atoms with E-state index in [-0.39, 0.29) is 5.78 Å². The Labute approximate surface area is 124 Å². The van der Waals surface area contributed by atoms with E-state index < -0.39 is 0 Å². The maximum Gasteiger partial charge on any atom is 0.167 e. The maximum atomic E-state index is 12.5. The number of aromatic nitrogens is 1. The highest BCUT2D eigenvalue weighted by atomic mass is 35.5. The number of benzene rings is 1. The minimum absolute atomic E-state index is 0.0878. The van der Waals surface area contributed by atoms with Crippen LogP contribution in [0.3, 0.4) is 0 Å². The zero-order valence-electron chi connectivity index (χ0n) is 11.4. The molecule has 0 atom stereocenters. The van der Waals surface area contributed by atoms with Crippen LogP contribution in [0.1, 0.15) is 21.5 Å². The fraction of sp³-hybridized carbons (Fsp3) is 0.250. The number of likely N-dealkylation sites (N-methyl/N-ethyl adjacent to an activating group) is 1. The summed E-state index contributed by atoms with van der Waals surface area (Å²) in [5.74, 6) is 0.0878. The highest BCUT2D eigenvalue weighted by molar-refractivity contribution is 6.31. The molecule has 1 heterocycles. The third-order valence-electron chi connectivity index (χ3n) is 3.17. The molecule has 4 heteroatoms. The van der Waals surface area contributed by atoms with Gasteiger partial charge in [0.05, 0.1) is 5.02 Å². The quantitative estimate of drug-likeness (QED) is 0.831. The number of hydrogen-bond donors (Lipinski definition) is 1. The monoisotopic (exact) mass is 288 g/mol. The first-order valence-corrected chi connectivity index (χ1v) is 6.94. The van der Waals surface area contributed by atoms with Gasteiger partial charge in [-0.1, -0.05) is 35.9 Å². The average Bonchev–Trinajstić information content (AvgIpc) is 2.47. The van der Waals surface area contributed by atoms with E-state index in [1.807, 2.05) is 31.3 Å². The molecule has 0 aliphatic rings. The number of nitrogens with one attached hydrogen (secondary N) is 1. The van der Waals surface area contributed by atoms with Gasteiger partial charge in [-0.15, -0.1) is 0 Å². The molecule has 1 aromatic heterocycles. The van der Waals surface area contributed by atoms with Gasteiger partial charge in [-0.05, 0) is 37.2 Å². The van der Waals surface area contributed by atoms with E-state index in [0.29, 0.717) is 11.4 Å². The number of nitrogens with zero attached hydrogens (tertiary/aromatic N) is 1. The summed E-state index contributed by atoms with van der Waals surface area (Å²) in [7, 11) is 1.90. The fourth-order valence-corrected chi connectivity index (χ4v) is 2.27. The van der Waals surface area contributed by atoms with E-state index in [1.54, 1.807) is 18.5 Å². The molecular formula is C16H17ClN2O. The smallest absolute Gasteiger partial charge is 0.167 e. The minimum Gasteiger partial charge on any atom is -0.319 e. The molecule has 0 fully saturated rings. The van der Waals surface area contributed by atoms with Crippen LogP contribution >= 0.6 is 11.6 Å². The van der Waals surface area contributed by atoms with Crippen LogP contribution in [0.25, 0.3) is 0 Å². The highest BCUT2D eigenvalue weighted by Crippen LogP contribution is 2.18. The zero-order chi connectivity index (χ0) is 14.4. The summed E-state index contributed by atoms with van der Waals surface area (Å²) < 4.78 is 0.